The first kappa shape index (κ1) is 29.9. The van der Waals surface area contributed by atoms with Gasteiger partial charge >= 0.3 is 0 Å². The lowest BCUT2D eigenvalue weighted by Crippen LogP contribution is -2.45. The fourth-order valence-electron chi connectivity index (χ4n) is 1.81. The lowest BCUT2D eigenvalue weighted by Gasteiger charge is -2.35. The molecular weight excluding hydrogens is 266 g/mol. The molecule has 0 bridgehead atoms. The van der Waals surface area contributed by atoms with Gasteiger partial charge in [-0.15, -0.1) is 0 Å². The van der Waals surface area contributed by atoms with Crippen LogP contribution in [0.15, 0.2) is 0 Å². The van der Waals surface area contributed by atoms with Crippen molar-refractivity contribution in [1.29, 1.82) is 0 Å². The van der Waals surface area contributed by atoms with Gasteiger partial charge in [0, 0.05) is 5.54 Å². The van der Waals surface area contributed by atoms with E-state index in [0.29, 0.717) is 5.54 Å². The van der Waals surface area contributed by atoms with Gasteiger partial charge in [-0.1, -0.05) is 107 Å². The number of hydrogen-bond acceptors (Lipinski definition) is 1. The molecule has 0 aliphatic heterocycles. The Kier molecular flexibility index (Phi) is 35.2. The van der Waals surface area contributed by atoms with Crippen molar-refractivity contribution in [2.45, 2.75) is 126 Å². The van der Waals surface area contributed by atoms with Gasteiger partial charge in [0.1, 0.15) is 0 Å². The lowest BCUT2D eigenvalue weighted by atomic mass is 9.81. The Morgan fingerprint density at radius 1 is 0.818 bits per heavy atom. The minimum absolute atomic E-state index is 0.351. The van der Waals surface area contributed by atoms with Gasteiger partial charge in [0.15, 0.2) is 0 Å². The third-order valence-electron chi connectivity index (χ3n) is 4.07. The predicted molar refractivity (Wildman–Crippen MR) is 109 cm³/mol. The Morgan fingerprint density at radius 3 is 1.45 bits per heavy atom. The highest BCUT2D eigenvalue weighted by Crippen LogP contribution is 2.25. The average molecular weight is 318 g/mol. The van der Waals surface area contributed by atoms with Crippen molar-refractivity contribution >= 4 is 0 Å². The minimum Gasteiger partial charge on any atom is -0.314 e. The largest absolute Gasteiger partial charge is 0.314 e. The molecule has 0 heterocycles. The summed E-state index contributed by atoms with van der Waals surface area (Å²) in [6, 6.07) is 0. The average Bonchev–Trinajstić information content (AvgIpc) is 2.56. The molecule has 0 rings (SSSR count). The molecule has 0 fully saturated rings. The van der Waals surface area contributed by atoms with E-state index in [1.807, 2.05) is 13.8 Å². The number of nitrogens with one attached hydrogen (secondary N) is 1. The summed E-state index contributed by atoms with van der Waals surface area (Å²) in [6.45, 7) is 21.9. The van der Waals surface area contributed by atoms with E-state index in [1.54, 1.807) is 0 Å². The first-order valence-electron chi connectivity index (χ1n) is 10.1. The number of rotatable bonds is 8. The molecule has 0 aliphatic rings. The van der Waals surface area contributed by atoms with Gasteiger partial charge in [-0.25, -0.2) is 0 Å². The smallest absolute Gasteiger partial charge is 0.0175 e. The standard InChI is InChI=1S/C12H27N.C4H10.C3H8.C2H6/c1-6-8-9-10-12(4,13-5)11(3)7-2;1-3-4-2;1-3-2;1-2/h11,13H,6-10H2,1-5H3;3-4H2,1-2H3;3H2,1-2H3;1-2H3/t11?,12-;;;/m1.../s1. The Balaban J connectivity index is -0.000000149. The quantitative estimate of drug-likeness (QED) is 0.449. The van der Waals surface area contributed by atoms with Gasteiger partial charge in [-0.2, -0.15) is 0 Å². The van der Waals surface area contributed by atoms with Crippen LogP contribution in [0.4, 0.5) is 0 Å². The van der Waals surface area contributed by atoms with Gasteiger partial charge in [0.25, 0.3) is 0 Å². The van der Waals surface area contributed by atoms with Crippen molar-refractivity contribution in [3.05, 3.63) is 0 Å². The molecule has 0 spiro atoms. The molecule has 0 radical (unpaired) electrons. The molecule has 1 N–H and O–H groups in total. The van der Waals surface area contributed by atoms with E-state index >= 15 is 0 Å². The molecule has 2 atom stereocenters. The third-order valence-corrected chi connectivity index (χ3v) is 4.07. The van der Waals surface area contributed by atoms with E-state index in [0.717, 1.165) is 5.92 Å². The van der Waals surface area contributed by atoms with Gasteiger partial charge in [0.2, 0.25) is 0 Å². The topological polar surface area (TPSA) is 12.0 Å². The summed E-state index contributed by atoms with van der Waals surface area (Å²) in [5.74, 6) is 0.773. The van der Waals surface area contributed by atoms with E-state index in [1.165, 1.54) is 51.4 Å². The maximum absolute atomic E-state index is 3.49. The maximum atomic E-state index is 3.49. The van der Waals surface area contributed by atoms with Crippen LogP contribution >= 0.6 is 0 Å². The fraction of sp³-hybridized carbons (Fsp3) is 1.00. The zero-order valence-electron chi connectivity index (χ0n) is 18.2. The molecule has 0 amide bonds. The van der Waals surface area contributed by atoms with Crippen LogP contribution in [0.3, 0.4) is 0 Å². The maximum Gasteiger partial charge on any atom is 0.0175 e. The van der Waals surface area contributed by atoms with Crippen molar-refractivity contribution in [1.82, 2.24) is 5.32 Å². The summed E-state index contributed by atoms with van der Waals surface area (Å²) >= 11 is 0. The van der Waals surface area contributed by atoms with Crippen LogP contribution in [-0.2, 0) is 0 Å². The minimum atomic E-state index is 0.351. The monoisotopic (exact) mass is 317 g/mol. The summed E-state index contributed by atoms with van der Waals surface area (Å²) in [6.07, 6.45) is 10.5. The molecule has 0 saturated carbocycles. The predicted octanol–water partition coefficient (Wildman–Crippen LogP) is 7.84. The summed E-state index contributed by atoms with van der Waals surface area (Å²) in [5.41, 5.74) is 0.351. The molecule has 1 heteroatoms. The van der Waals surface area contributed by atoms with Gasteiger partial charge in [-0.3, -0.25) is 0 Å². The van der Waals surface area contributed by atoms with Crippen LogP contribution in [0.25, 0.3) is 0 Å². The van der Waals surface area contributed by atoms with Crippen LogP contribution in [-0.4, -0.2) is 12.6 Å². The molecule has 1 unspecified atom stereocenters. The van der Waals surface area contributed by atoms with Crippen LogP contribution in [0.5, 0.6) is 0 Å². The SMILES string of the molecule is CC.CCC.CCCC.CCCCC[C@@](C)(NC)C(C)CC. The van der Waals surface area contributed by atoms with E-state index in [2.05, 4.69) is 67.8 Å². The summed E-state index contributed by atoms with van der Waals surface area (Å²) in [5, 5.41) is 3.49. The molecule has 0 aromatic carbocycles. The van der Waals surface area contributed by atoms with Crippen LogP contribution in [0, 0.1) is 5.92 Å². The van der Waals surface area contributed by atoms with E-state index in [4.69, 9.17) is 0 Å². The summed E-state index contributed by atoms with van der Waals surface area (Å²) in [7, 11) is 2.10. The Hall–Kier alpha value is -0.0400. The van der Waals surface area contributed by atoms with E-state index in [9.17, 15) is 0 Å². The molecule has 0 aliphatic carbocycles. The van der Waals surface area contributed by atoms with Gasteiger partial charge in [0.05, 0.1) is 0 Å². The molecule has 140 valence electrons. The van der Waals surface area contributed by atoms with Crippen molar-refractivity contribution < 1.29 is 0 Å². The first-order valence-corrected chi connectivity index (χ1v) is 10.1. The zero-order chi connectivity index (χ0) is 18.4. The zero-order valence-corrected chi connectivity index (χ0v) is 18.2. The van der Waals surface area contributed by atoms with Crippen molar-refractivity contribution in [3.63, 3.8) is 0 Å². The third kappa shape index (κ3) is 22.2. The molecule has 0 aromatic rings. The summed E-state index contributed by atoms with van der Waals surface area (Å²) in [4.78, 5) is 0. The fourth-order valence-corrected chi connectivity index (χ4v) is 1.81. The highest BCUT2D eigenvalue weighted by atomic mass is 14.9. The summed E-state index contributed by atoms with van der Waals surface area (Å²) < 4.78 is 0. The lowest BCUT2D eigenvalue weighted by molar-refractivity contribution is 0.231. The van der Waals surface area contributed by atoms with Crippen LogP contribution in [0.2, 0.25) is 0 Å². The first-order chi connectivity index (χ1) is 10.4. The molecule has 22 heavy (non-hydrogen) atoms. The second-order valence-corrected chi connectivity index (χ2v) is 6.14. The Labute approximate surface area is 145 Å². The Bertz CT molecular complexity index is 154. The Morgan fingerprint density at radius 2 is 1.23 bits per heavy atom. The number of hydrogen-bond donors (Lipinski definition) is 1. The van der Waals surface area contributed by atoms with E-state index in [-0.39, 0.29) is 0 Å². The second kappa shape index (κ2) is 25.9. The highest BCUT2D eigenvalue weighted by molar-refractivity contribution is 4.86. The molecule has 0 aromatic heterocycles. The molecule has 1 nitrogen and oxygen atoms in total. The normalized spacial score (nSPS) is 13.2. The van der Waals surface area contributed by atoms with Gasteiger partial charge < -0.3 is 5.32 Å². The highest BCUT2D eigenvalue weighted by Gasteiger charge is 2.26. The molecular formula is C21H51N. The van der Waals surface area contributed by atoms with E-state index < -0.39 is 0 Å². The van der Waals surface area contributed by atoms with Crippen LogP contribution < -0.4 is 5.32 Å². The second-order valence-electron chi connectivity index (χ2n) is 6.14. The van der Waals surface area contributed by atoms with Crippen molar-refractivity contribution in [2.75, 3.05) is 7.05 Å². The number of unbranched alkanes of at least 4 members (excludes halogenated alkanes) is 3. The van der Waals surface area contributed by atoms with Gasteiger partial charge in [-0.05, 0) is 26.3 Å². The molecule has 0 saturated heterocycles. The van der Waals surface area contributed by atoms with Crippen molar-refractivity contribution in [2.24, 2.45) is 5.92 Å². The van der Waals surface area contributed by atoms with Crippen molar-refractivity contribution in [3.8, 4) is 0 Å². The van der Waals surface area contributed by atoms with Crippen LogP contribution in [0.1, 0.15) is 121 Å².